The van der Waals surface area contributed by atoms with E-state index in [-0.39, 0.29) is 11.5 Å². The fraction of sp³-hybridized carbons (Fsp3) is 0.250. The summed E-state index contributed by atoms with van der Waals surface area (Å²) in [5.41, 5.74) is 0.792. The van der Waals surface area contributed by atoms with E-state index in [1.807, 2.05) is 0 Å². The van der Waals surface area contributed by atoms with Crippen molar-refractivity contribution in [2.75, 3.05) is 11.4 Å². The topological polar surface area (TPSA) is 75.2 Å². The number of aromatic nitrogens is 2. The number of piperidine rings is 1. The zero-order chi connectivity index (χ0) is 16.2. The molecule has 0 unspecified atom stereocenters. The molecule has 7 heteroatoms. The van der Waals surface area contributed by atoms with Gasteiger partial charge in [0.25, 0.3) is 5.91 Å². The van der Waals surface area contributed by atoms with Crippen LogP contribution in [0.4, 0.5) is 10.1 Å². The van der Waals surface area contributed by atoms with E-state index in [4.69, 9.17) is 0 Å². The van der Waals surface area contributed by atoms with Gasteiger partial charge in [-0.15, -0.1) is 0 Å². The number of carbonyl (C=O) groups is 2. The average Bonchev–Trinajstić information content (AvgIpc) is 2.57. The molecule has 0 radical (unpaired) electrons. The number of carbonyl (C=O) groups excluding carboxylic acids is 2. The Morgan fingerprint density at radius 1 is 1.30 bits per heavy atom. The third-order valence-corrected chi connectivity index (χ3v) is 3.67. The molecule has 6 nitrogen and oxygen atoms in total. The Bertz CT molecular complexity index is 723. The fourth-order valence-corrected chi connectivity index (χ4v) is 2.56. The van der Waals surface area contributed by atoms with Crippen LogP contribution in [0.25, 0.3) is 0 Å². The first-order valence-corrected chi connectivity index (χ1v) is 7.28. The molecule has 0 bridgehead atoms. The highest BCUT2D eigenvalue weighted by atomic mass is 19.1. The molecule has 3 heterocycles. The van der Waals surface area contributed by atoms with Gasteiger partial charge in [0.15, 0.2) is 0 Å². The van der Waals surface area contributed by atoms with Crippen LogP contribution >= 0.6 is 0 Å². The standard InChI is InChI=1S/C16H15FN4O2/c17-12-7-11(8-19-9-12)15(22)20-14-4-2-6-21(16(14)23)13-3-1-5-18-10-13/h1,3,5,7-10,14H,2,4,6H2,(H,20,22)/t14-/m1/s1. The molecular formula is C16H15FN4O2. The van der Waals surface area contributed by atoms with E-state index in [0.29, 0.717) is 18.7 Å². The van der Waals surface area contributed by atoms with Crippen molar-refractivity contribution in [2.24, 2.45) is 0 Å². The lowest BCUT2D eigenvalue weighted by molar-refractivity contribution is -0.121. The minimum atomic E-state index is -0.639. The Balaban J connectivity index is 1.73. The van der Waals surface area contributed by atoms with Crippen LogP contribution in [0.2, 0.25) is 0 Å². The quantitative estimate of drug-likeness (QED) is 0.932. The highest BCUT2D eigenvalue weighted by Crippen LogP contribution is 2.20. The van der Waals surface area contributed by atoms with Crippen molar-refractivity contribution in [3.8, 4) is 0 Å². The first-order valence-electron chi connectivity index (χ1n) is 7.28. The molecule has 23 heavy (non-hydrogen) atoms. The van der Waals surface area contributed by atoms with Crippen LogP contribution in [0.5, 0.6) is 0 Å². The molecular weight excluding hydrogens is 299 g/mol. The van der Waals surface area contributed by atoms with Crippen LogP contribution in [-0.2, 0) is 4.79 Å². The first-order chi connectivity index (χ1) is 11.1. The summed E-state index contributed by atoms with van der Waals surface area (Å²) in [5, 5.41) is 2.65. The summed E-state index contributed by atoms with van der Waals surface area (Å²) in [4.78, 5) is 34.0. The maximum absolute atomic E-state index is 13.1. The predicted octanol–water partition coefficient (Wildman–Crippen LogP) is 1.54. The molecule has 0 spiro atoms. The summed E-state index contributed by atoms with van der Waals surface area (Å²) >= 11 is 0. The van der Waals surface area contributed by atoms with E-state index >= 15 is 0 Å². The first kappa shape index (κ1) is 15.1. The average molecular weight is 314 g/mol. The number of hydrogen-bond donors (Lipinski definition) is 1. The van der Waals surface area contributed by atoms with Crippen molar-refractivity contribution in [3.05, 3.63) is 54.4 Å². The van der Waals surface area contributed by atoms with E-state index in [1.165, 1.54) is 6.20 Å². The van der Waals surface area contributed by atoms with Crippen LogP contribution in [-0.4, -0.2) is 34.4 Å². The monoisotopic (exact) mass is 314 g/mol. The summed E-state index contributed by atoms with van der Waals surface area (Å²) in [6.07, 6.45) is 6.83. The van der Waals surface area contributed by atoms with Gasteiger partial charge in [-0.1, -0.05) is 0 Å². The van der Waals surface area contributed by atoms with Gasteiger partial charge in [-0.2, -0.15) is 0 Å². The smallest absolute Gasteiger partial charge is 0.253 e. The molecule has 1 aliphatic heterocycles. The van der Waals surface area contributed by atoms with Crippen molar-refractivity contribution >= 4 is 17.5 Å². The Kier molecular flexibility index (Phi) is 4.27. The zero-order valence-electron chi connectivity index (χ0n) is 12.3. The SMILES string of the molecule is O=C(N[C@@H]1CCCN(c2cccnc2)C1=O)c1cncc(F)c1. The van der Waals surface area contributed by atoms with E-state index in [9.17, 15) is 14.0 Å². The lowest BCUT2D eigenvalue weighted by Gasteiger charge is -2.32. The molecule has 1 fully saturated rings. The van der Waals surface area contributed by atoms with Crippen LogP contribution in [0.15, 0.2) is 43.0 Å². The summed E-state index contributed by atoms with van der Waals surface area (Å²) < 4.78 is 13.1. The molecule has 1 N–H and O–H groups in total. The van der Waals surface area contributed by atoms with Crippen LogP contribution in [0.1, 0.15) is 23.2 Å². The Morgan fingerprint density at radius 3 is 2.91 bits per heavy atom. The second-order valence-corrected chi connectivity index (χ2v) is 5.26. The van der Waals surface area contributed by atoms with Gasteiger partial charge < -0.3 is 10.2 Å². The van der Waals surface area contributed by atoms with E-state index in [0.717, 1.165) is 18.7 Å². The van der Waals surface area contributed by atoms with Crippen LogP contribution < -0.4 is 10.2 Å². The fourth-order valence-electron chi connectivity index (χ4n) is 2.56. The molecule has 2 aromatic rings. The summed E-state index contributed by atoms with van der Waals surface area (Å²) in [6.45, 7) is 0.582. The summed E-state index contributed by atoms with van der Waals surface area (Å²) in [6, 6.07) is 4.00. The molecule has 118 valence electrons. The molecule has 0 aliphatic carbocycles. The van der Waals surface area contributed by atoms with E-state index < -0.39 is 17.8 Å². The number of hydrogen-bond acceptors (Lipinski definition) is 4. The van der Waals surface area contributed by atoms with E-state index in [2.05, 4.69) is 15.3 Å². The molecule has 0 aromatic carbocycles. The van der Waals surface area contributed by atoms with Crippen LogP contribution in [0, 0.1) is 5.82 Å². The van der Waals surface area contributed by atoms with Gasteiger partial charge in [0.05, 0.1) is 23.6 Å². The van der Waals surface area contributed by atoms with Crippen LogP contribution in [0.3, 0.4) is 0 Å². The van der Waals surface area contributed by atoms with Crippen molar-refractivity contribution in [1.82, 2.24) is 15.3 Å². The lowest BCUT2D eigenvalue weighted by atomic mass is 10.0. The summed E-state index contributed by atoms with van der Waals surface area (Å²) in [5.74, 6) is -1.30. The van der Waals surface area contributed by atoms with Crippen molar-refractivity contribution in [3.63, 3.8) is 0 Å². The molecule has 3 rings (SSSR count). The van der Waals surface area contributed by atoms with Crippen molar-refractivity contribution in [2.45, 2.75) is 18.9 Å². The highest BCUT2D eigenvalue weighted by Gasteiger charge is 2.31. The molecule has 2 amide bonds. The minimum absolute atomic E-state index is 0.0938. The van der Waals surface area contributed by atoms with Gasteiger partial charge >= 0.3 is 0 Å². The van der Waals surface area contributed by atoms with Crippen molar-refractivity contribution < 1.29 is 14.0 Å². The number of nitrogens with zero attached hydrogens (tertiary/aromatic N) is 3. The largest absolute Gasteiger partial charge is 0.340 e. The maximum Gasteiger partial charge on any atom is 0.253 e. The molecule has 1 saturated heterocycles. The highest BCUT2D eigenvalue weighted by molar-refractivity contribution is 6.02. The third-order valence-electron chi connectivity index (χ3n) is 3.67. The molecule has 2 aromatic heterocycles. The predicted molar refractivity (Wildman–Crippen MR) is 81.3 cm³/mol. The lowest BCUT2D eigenvalue weighted by Crippen LogP contribution is -2.52. The van der Waals surface area contributed by atoms with Gasteiger partial charge in [-0.3, -0.25) is 19.6 Å². The number of nitrogens with one attached hydrogen (secondary N) is 1. The minimum Gasteiger partial charge on any atom is -0.340 e. The number of pyridine rings is 2. The van der Waals surface area contributed by atoms with Gasteiger partial charge in [0.1, 0.15) is 11.9 Å². The second kappa shape index (κ2) is 6.51. The normalized spacial score (nSPS) is 17.9. The Hall–Kier alpha value is -2.83. The number of amides is 2. The summed E-state index contributed by atoms with van der Waals surface area (Å²) in [7, 11) is 0. The Labute approximate surface area is 132 Å². The van der Waals surface area contributed by atoms with E-state index in [1.54, 1.807) is 29.4 Å². The van der Waals surface area contributed by atoms with Gasteiger partial charge in [-0.05, 0) is 31.0 Å². The second-order valence-electron chi connectivity index (χ2n) is 5.26. The Morgan fingerprint density at radius 2 is 2.17 bits per heavy atom. The maximum atomic E-state index is 13.1. The third kappa shape index (κ3) is 3.33. The number of anilines is 1. The zero-order valence-corrected chi connectivity index (χ0v) is 12.3. The van der Waals surface area contributed by atoms with Gasteiger partial charge in [-0.25, -0.2) is 4.39 Å². The molecule has 0 saturated carbocycles. The molecule has 1 atom stereocenters. The van der Waals surface area contributed by atoms with Gasteiger partial charge in [0.2, 0.25) is 5.91 Å². The van der Waals surface area contributed by atoms with Gasteiger partial charge in [0, 0.05) is 18.9 Å². The number of rotatable bonds is 3. The number of halogens is 1. The molecule has 1 aliphatic rings. The van der Waals surface area contributed by atoms with Crippen molar-refractivity contribution in [1.29, 1.82) is 0 Å².